The van der Waals surface area contributed by atoms with Gasteiger partial charge in [0.05, 0.1) is 0 Å². The normalized spacial score (nSPS) is 23.9. The summed E-state index contributed by atoms with van der Waals surface area (Å²) in [5, 5.41) is 3.03. The highest BCUT2D eigenvalue weighted by Gasteiger charge is 2.40. The number of urea groups is 1. The molecule has 2 atom stereocenters. The molecule has 1 saturated heterocycles. The molecule has 0 aliphatic carbocycles. The van der Waals surface area contributed by atoms with Crippen LogP contribution in [0.15, 0.2) is 0 Å². The summed E-state index contributed by atoms with van der Waals surface area (Å²) < 4.78 is 0. The minimum atomic E-state index is -0.320. The molecule has 0 radical (unpaired) electrons. The van der Waals surface area contributed by atoms with Crippen LogP contribution in [0.5, 0.6) is 0 Å². The first kappa shape index (κ1) is 12.0. The van der Waals surface area contributed by atoms with Crippen LogP contribution in [-0.4, -0.2) is 55.0 Å². The van der Waals surface area contributed by atoms with Gasteiger partial charge in [-0.15, -0.1) is 0 Å². The Balaban J connectivity index is 2.62. The molecule has 3 amide bonds. The van der Waals surface area contributed by atoms with Crippen molar-refractivity contribution < 1.29 is 9.59 Å². The summed E-state index contributed by atoms with van der Waals surface area (Å²) in [5.74, 6) is 0.187. The first-order valence-corrected chi connectivity index (χ1v) is 5.21. The highest BCUT2D eigenvalue weighted by molar-refractivity contribution is 6.03. The summed E-state index contributed by atoms with van der Waals surface area (Å²) in [7, 11) is 3.52. The fourth-order valence-corrected chi connectivity index (χ4v) is 1.73. The van der Waals surface area contributed by atoms with E-state index in [9.17, 15) is 9.59 Å². The SMILES string of the molecule is CNCC(C)CN1C(=O)C(C)N(C)C1=O. The summed E-state index contributed by atoms with van der Waals surface area (Å²) in [6.45, 7) is 5.06. The molecule has 0 aromatic carbocycles. The molecule has 1 rings (SSSR count). The molecule has 1 heterocycles. The third kappa shape index (κ3) is 2.28. The van der Waals surface area contributed by atoms with Crippen LogP contribution in [0.2, 0.25) is 0 Å². The van der Waals surface area contributed by atoms with E-state index in [4.69, 9.17) is 0 Å². The maximum atomic E-state index is 11.7. The van der Waals surface area contributed by atoms with E-state index in [2.05, 4.69) is 5.32 Å². The zero-order valence-corrected chi connectivity index (χ0v) is 9.78. The van der Waals surface area contributed by atoms with Crippen LogP contribution in [0.25, 0.3) is 0 Å². The molecule has 1 fully saturated rings. The van der Waals surface area contributed by atoms with E-state index in [1.165, 1.54) is 9.80 Å². The highest BCUT2D eigenvalue weighted by Crippen LogP contribution is 2.16. The highest BCUT2D eigenvalue weighted by atomic mass is 16.2. The van der Waals surface area contributed by atoms with E-state index < -0.39 is 0 Å². The number of carbonyl (C=O) groups excluding carboxylic acids is 2. The average molecular weight is 213 g/mol. The van der Waals surface area contributed by atoms with Gasteiger partial charge in [-0.1, -0.05) is 6.92 Å². The molecule has 1 aliphatic heterocycles. The Morgan fingerprint density at radius 2 is 2.07 bits per heavy atom. The summed E-state index contributed by atoms with van der Waals surface area (Å²) >= 11 is 0. The third-order valence-electron chi connectivity index (χ3n) is 2.78. The lowest BCUT2D eigenvalue weighted by Gasteiger charge is -2.18. The largest absolute Gasteiger partial charge is 0.327 e. The van der Waals surface area contributed by atoms with Gasteiger partial charge >= 0.3 is 6.03 Å². The van der Waals surface area contributed by atoms with E-state index in [0.29, 0.717) is 6.54 Å². The molecule has 2 unspecified atom stereocenters. The number of imide groups is 1. The first-order valence-electron chi connectivity index (χ1n) is 5.21. The Hall–Kier alpha value is -1.10. The van der Waals surface area contributed by atoms with Gasteiger partial charge < -0.3 is 10.2 Å². The minimum absolute atomic E-state index is 0.0922. The number of hydrogen-bond acceptors (Lipinski definition) is 3. The van der Waals surface area contributed by atoms with Crippen molar-refractivity contribution >= 4 is 11.9 Å². The summed E-state index contributed by atoms with van der Waals surface area (Å²) in [5.41, 5.74) is 0. The summed E-state index contributed by atoms with van der Waals surface area (Å²) in [4.78, 5) is 26.2. The fourth-order valence-electron chi connectivity index (χ4n) is 1.73. The lowest BCUT2D eigenvalue weighted by Crippen LogP contribution is -2.37. The van der Waals surface area contributed by atoms with Crippen molar-refractivity contribution in [3.8, 4) is 0 Å². The number of amides is 3. The quantitative estimate of drug-likeness (QED) is 0.675. The van der Waals surface area contributed by atoms with Gasteiger partial charge in [0.15, 0.2) is 0 Å². The van der Waals surface area contributed by atoms with Gasteiger partial charge in [0, 0.05) is 13.6 Å². The van der Waals surface area contributed by atoms with Crippen molar-refractivity contribution in [1.29, 1.82) is 0 Å². The van der Waals surface area contributed by atoms with Crippen molar-refractivity contribution in [1.82, 2.24) is 15.1 Å². The lowest BCUT2D eigenvalue weighted by molar-refractivity contribution is -0.128. The zero-order chi connectivity index (χ0) is 11.6. The second-order valence-electron chi connectivity index (χ2n) is 4.18. The number of rotatable bonds is 4. The molecule has 15 heavy (non-hydrogen) atoms. The van der Waals surface area contributed by atoms with Crippen molar-refractivity contribution in [2.24, 2.45) is 5.92 Å². The van der Waals surface area contributed by atoms with Gasteiger partial charge in [0.1, 0.15) is 6.04 Å². The Bertz CT molecular complexity index is 247. The predicted molar refractivity (Wildman–Crippen MR) is 57.4 cm³/mol. The van der Waals surface area contributed by atoms with E-state index in [1.54, 1.807) is 14.0 Å². The summed E-state index contributed by atoms with van der Waals surface area (Å²) in [6, 6.07) is -0.505. The standard InChI is InChI=1S/C10H19N3O2/c1-7(5-11-3)6-13-9(14)8(2)12(4)10(13)15/h7-8,11H,5-6H2,1-4H3. The molecule has 86 valence electrons. The minimum Gasteiger partial charge on any atom is -0.319 e. The van der Waals surface area contributed by atoms with Gasteiger partial charge in [0.25, 0.3) is 5.91 Å². The molecule has 1 N–H and O–H groups in total. The van der Waals surface area contributed by atoms with Crippen LogP contribution in [0, 0.1) is 5.92 Å². The summed E-state index contributed by atoms with van der Waals surface area (Å²) in [6.07, 6.45) is 0. The van der Waals surface area contributed by atoms with E-state index in [1.807, 2.05) is 14.0 Å². The Morgan fingerprint density at radius 3 is 2.47 bits per heavy atom. The Kier molecular flexibility index (Phi) is 3.68. The molecule has 0 aromatic heterocycles. The monoisotopic (exact) mass is 213 g/mol. The van der Waals surface area contributed by atoms with Crippen molar-refractivity contribution in [2.75, 3.05) is 27.2 Å². The molecular weight excluding hydrogens is 194 g/mol. The van der Waals surface area contributed by atoms with Crippen molar-refractivity contribution in [2.45, 2.75) is 19.9 Å². The number of hydrogen-bond donors (Lipinski definition) is 1. The Labute approximate surface area is 90.4 Å². The van der Waals surface area contributed by atoms with Crippen LogP contribution in [-0.2, 0) is 4.79 Å². The predicted octanol–water partition coefficient (Wildman–Crippen LogP) is 0.124. The molecule has 5 nitrogen and oxygen atoms in total. The zero-order valence-electron chi connectivity index (χ0n) is 9.78. The first-order chi connectivity index (χ1) is 6.99. The fraction of sp³-hybridized carbons (Fsp3) is 0.800. The number of nitrogens with zero attached hydrogens (tertiary/aromatic N) is 2. The number of nitrogens with one attached hydrogen (secondary N) is 1. The van der Waals surface area contributed by atoms with Crippen LogP contribution < -0.4 is 5.32 Å². The van der Waals surface area contributed by atoms with Gasteiger partial charge in [-0.2, -0.15) is 0 Å². The van der Waals surface area contributed by atoms with Crippen molar-refractivity contribution in [3.63, 3.8) is 0 Å². The maximum Gasteiger partial charge on any atom is 0.327 e. The van der Waals surface area contributed by atoms with E-state index in [0.717, 1.165) is 6.54 Å². The van der Waals surface area contributed by atoms with Crippen LogP contribution >= 0.6 is 0 Å². The van der Waals surface area contributed by atoms with E-state index in [-0.39, 0.29) is 23.9 Å². The van der Waals surface area contributed by atoms with Gasteiger partial charge in [0.2, 0.25) is 0 Å². The third-order valence-corrected chi connectivity index (χ3v) is 2.78. The maximum absolute atomic E-state index is 11.7. The molecule has 0 saturated carbocycles. The topological polar surface area (TPSA) is 52.7 Å². The van der Waals surface area contributed by atoms with Crippen LogP contribution in [0.1, 0.15) is 13.8 Å². The molecule has 0 bridgehead atoms. The number of likely N-dealkylation sites (N-methyl/N-ethyl adjacent to an activating group) is 1. The van der Waals surface area contributed by atoms with Crippen molar-refractivity contribution in [3.05, 3.63) is 0 Å². The van der Waals surface area contributed by atoms with E-state index >= 15 is 0 Å². The molecule has 1 aliphatic rings. The second kappa shape index (κ2) is 4.61. The molecular formula is C10H19N3O2. The molecule has 5 heteroatoms. The molecule has 0 aromatic rings. The lowest BCUT2D eigenvalue weighted by atomic mass is 10.1. The Morgan fingerprint density at radius 1 is 1.47 bits per heavy atom. The van der Waals surface area contributed by atoms with Crippen LogP contribution in [0.4, 0.5) is 4.79 Å². The smallest absolute Gasteiger partial charge is 0.319 e. The second-order valence-corrected chi connectivity index (χ2v) is 4.18. The van der Waals surface area contributed by atoms with Crippen LogP contribution in [0.3, 0.4) is 0 Å². The van der Waals surface area contributed by atoms with Gasteiger partial charge in [-0.05, 0) is 26.4 Å². The number of carbonyl (C=O) groups is 2. The van der Waals surface area contributed by atoms with Gasteiger partial charge in [-0.25, -0.2) is 4.79 Å². The molecule has 0 spiro atoms. The average Bonchev–Trinajstić information content (AvgIpc) is 2.36. The van der Waals surface area contributed by atoms with Gasteiger partial charge in [-0.3, -0.25) is 9.69 Å².